The van der Waals surface area contributed by atoms with Crippen LogP contribution in [0, 0.1) is 0 Å². The van der Waals surface area contributed by atoms with Gasteiger partial charge in [0.15, 0.2) is 9.84 Å². The van der Waals surface area contributed by atoms with Crippen LogP contribution in [0.4, 0.5) is 4.79 Å². The molecular formula is C15H22N2O5S. The molecule has 128 valence electrons. The number of carbonyl (C=O) groups is 1. The summed E-state index contributed by atoms with van der Waals surface area (Å²) in [5.41, 5.74) is 0.779. The fourth-order valence-corrected chi connectivity index (χ4v) is 4.26. The molecule has 0 aliphatic carbocycles. The van der Waals surface area contributed by atoms with Crippen LogP contribution < -0.4 is 20.1 Å². The van der Waals surface area contributed by atoms with Crippen molar-refractivity contribution < 1.29 is 22.7 Å². The Labute approximate surface area is 136 Å². The number of ether oxygens (including phenoxy) is 2. The first-order valence-corrected chi connectivity index (χ1v) is 9.16. The Balaban J connectivity index is 2.01. The van der Waals surface area contributed by atoms with Gasteiger partial charge in [0.2, 0.25) is 0 Å². The number of rotatable bonds is 5. The van der Waals surface area contributed by atoms with E-state index in [-0.39, 0.29) is 23.6 Å². The Hall–Kier alpha value is -1.96. The summed E-state index contributed by atoms with van der Waals surface area (Å²) in [6, 6.07) is 4.29. The van der Waals surface area contributed by atoms with Crippen molar-refractivity contribution >= 4 is 15.9 Å². The standard InChI is InChI=1S/C15H22N2O5S/c1-10(13-8-12(21-2)4-5-14(13)22-3)16-15(18)17-11-6-7-23(19,20)9-11/h4-5,8,10-11H,6-7,9H2,1-3H3,(H2,16,17,18)/t10-,11+/m1/s1. The highest BCUT2D eigenvalue weighted by molar-refractivity contribution is 7.91. The number of methoxy groups -OCH3 is 2. The zero-order valence-corrected chi connectivity index (χ0v) is 14.3. The van der Waals surface area contributed by atoms with Gasteiger partial charge in [-0.25, -0.2) is 13.2 Å². The van der Waals surface area contributed by atoms with Gasteiger partial charge in [0.25, 0.3) is 0 Å². The van der Waals surface area contributed by atoms with E-state index in [1.54, 1.807) is 32.4 Å². The van der Waals surface area contributed by atoms with Crippen molar-refractivity contribution in [1.29, 1.82) is 0 Å². The number of carbonyl (C=O) groups excluding carboxylic acids is 1. The minimum absolute atomic E-state index is 0.00270. The number of hydrogen-bond donors (Lipinski definition) is 2. The maximum Gasteiger partial charge on any atom is 0.315 e. The molecule has 2 amide bonds. The van der Waals surface area contributed by atoms with Gasteiger partial charge in [0.1, 0.15) is 11.5 Å². The van der Waals surface area contributed by atoms with Crippen LogP contribution in [-0.2, 0) is 9.84 Å². The summed E-state index contributed by atoms with van der Waals surface area (Å²) in [6.07, 6.45) is 0.451. The van der Waals surface area contributed by atoms with Crippen LogP contribution in [0.15, 0.2) is 18.2 Å². The first-order chi connectivity index (χ1) is 10.8. The lowest BCUT2D eigenvalue weighted by Crippen LogP contribution is -2.43. The zero-order chi connectivity index (χ0) is 17.0. The van der Waals surface area contributed by atoms with Crippen LogP contribution in [0.25, 0.3) is 0 Å². The molecule has 1 aromatic carbocycles. The van der Waals surface area contributed by atoms with Crippen molar-refractivity contribution in [1.82, 2.24) is 10.6 Å². The largest absolute Gasteiger partial charge is 0.497 e. The number of sulfone groups is 1. The van der Waals surface area contributed by atoms with E-state index in [1.165, 1.54) is 0 Å². The van der Waals surface area contributed by atoms with Crippen LogP contribution in [0.2, 0.25) is 0 Å². The molecule has 1 heterocycles. The molecule has 0 bridgehead atoms. The monoisotopic (exact) mass is 342 g/mol. The van der Waals surface area contributed by atoms with Crippen LogP contribution in [0.1, 0.15) is 24.9 Å². The predicted molar refractivity (Wildman–Crippen MR) is 86.7 cm³/mol. The highest BCUT2D eigenvalue weighted by Crippen LogP contribution is 2.29. The summed E-state index contributed by atoms with van der Waals surface area (Å²) in [5.74, 6) is 1.42. The predicted octanol–water partition coefficient (Wildman–Crippen LogP) is 1.25. The number of hydrogen-bond acceptors (Lipinski definition) is 5. The average molecular weight is 342 g/mol. The second-order valence-corrected chi connectivity index (χ2v) is 7.78. The van der Waals surface area contributed by atoms with E-state index in [2.05, 4.69) is 10.6 Å². The van der Waals surface area contributed by atoms with E-state index in [1.807, 2.05) is 6.92 Å². The summed E-state index contributed by atoms with van der Waals surface area (Å²) < 4.78 is 33.3. The molecule has 0 aromatic heterocycles. The Morgan fingerprint density at radius 3 is 2.61 bits per heavy atom. The minimum Gasteiger partial charge on any atom is -0.497 e. The molecule has 1 aliphatic rings. The van der Waals surface area contributed by atoms with Gasteiger partial charge in [-0.3, -0.25) is 0 Å². The Bertz CT molecular complexity index is 674. The second kappa shape index (κ2) is 7.08. The first-order valence-electron chi connectivity index (χ1n) is 7.34. The van der Waals surface area contributed by atoms with E-state index < -0.39 is 15.9 Å². The van der Waals surface area contributed by atoms with Crippen molar-refractivity contribution in [2.24, 2.45) is 0 Å². The van der Waals surface area contributed by atoms with E-state index in [0.717, 1.165) is 5.56 Å². The molecule has 0 radical (unpaired) electrons. The van der Waals surface area contributed by atoms with Crippen LogP contribution in [-0.4, -0.2) is 46.2 Å². The number of amides is 2. The van der Waals surface area contributed by atoms with Gasteiger partial charge in [-0.05, 0) is 31.5 Å². The smallest absolute Gasteiger partial charge is 0.315 e. The molecule has 1 aliphatic heterocycles. The summed E-state index contributed by atoms with van der Waals surface area (Å²) in [6.45, 7) is 1.82. The fourth-order valence-electron chi connectivity index (χ4n) is 2.59. The van der Waals surface area contributed by atoms with Crippen molar-refractivity contribution in [2.45, 2.75) is 25.4 Å². The number of benzene rings is 1. The highest BCUT2D eigenvalue weighted by atomic mass is 32.2. The van der Waals surface area contributed by atoms with E-state index in [0.29, 0.717) is 17.9 Å². The SMILES string of the molecule is COc1ccc(OC)c([C@@H](C)NC(=O)N[C@H]2CCS(=O)(=O)C2)c1. The lowest BCUT2D eigenvalue weighted by atomic mass is 10.1. The van der Waals surface area contributed by atoms with Crippen molar-refractivity contribution in [2.75, 3.05) is 25.7 Å². The van der Waals surface area contributed by atoms with Crippen LogP contribution in [0.5, 0.6) is 11.5 Å². The van der Waals surface area contributed by atoms with Gasteiger partial charge in [-0.2, -0.15) is 0 Å². The van der Waals surface area contributed by atoms with E-state index in [9.17, 15) is 13.2 Å². The van der Waals surface area contributed by atoms with E-state index >= 15 is 0 Å². The Kier molecular flexibility index (Phi) is 5.35. The maximum atomic E-state index is 12.1. The summed E-state index contributed by atoms with van der Waals surface area (Å²) in [5, 5.41) is 5.50. The van der Waals surface area contributed by atoms with Crippen molar-refractivity contribution in [3.8, 4) is 11.5 Å². The second-order valence-electron chi connectivity index (χ2n) is 5.55. The molecule has 1 aromatic rings. The van der Waals surface area contributed by atoms with Gasteiger partial charge in [-0.15, -0.1) is 0 Å². The molecule has 8 heteroatoms. The molecule has 2 N–H and O–H groups in total. The van der Waals surface area contributed by atoms with Gasteiger partial charge in [0, 0.05) is 11.6 Å². The molecule has 2 atom stereocenters. The third-order valence-corrected chi connectivity index (χ3v) is 5.59. The van der Waals surface area contributed by atoms with E-state index in [4.69, 9.17) is 9.47 Å². The molecule has 1 fully saturated rings. The van der Waals surface area contributed by atoms with Crippen molar-refractivity contribution in [3.05, 3.63) is 23.8 Å². The van der Waals surface area contributed by atoms with Gasteiger partial charge >= 0.3 is 6.03 Å². The summed E-state index contributed by atoms with van der Waals surface area (Å²) in [7, 11) is 0.103. The quantitative estimate of drug-likeness (QED) is 0.840. The van der Waals surface area contributed by atoms with Gasteiger partial charge in [0.05, 0.1) is 31.8 Å². The molecule has 0 unspecified atom stereocenters. The maximum absolute atomic E-state index is 12.1. The molecule has 1 saturated heterocycles. The molecule has 0 spiro atoms. The lowest BCUT2D eigenvalue weighted by Gasteiger charge is -2.20. The Morgan fingerprint density at radius 2 is 2.04 bits per heavy atom. The zero-order valence-electron chi connectivity index (χ0n) is 13.5. The minimum atomic E-state index is -3.02. The molecule has 0 saturated carbocycles. The third-order valence-electron chi connectivity index (χ3n) is 3.82. The molecule has 23 heavy (non-hydrogen) atoms. The normalized spacial score (nSPS) is 20.6. The molecule has 7 nitrogen and oxygen atoms in total. The third kappa shape index (κ3) is 4.51. The Morgan fingerprint density at radius 1 is 1.30 bits per heavy atom. The average Bonchev–Trinajstić information content (AvgIpc) is 2.84. The molecule has 2 rings (SSSR count). The molecular weight excluding hydrogens is 320 g/mol. The number of urea groups is 1. The van der Waals surface area contributed by atoms with Crippen LogP contribution in [0.3, 0.4) is 0 Å². The summed E-state index contributed by atoms with van der Waals surface area (Å²) >= 11 is 0. The van der Waals surface area contributed by atoms with Crippen LogP contribution >= 0.6 is 0 Å². The summed E-state index contributed by atoms with van der Waals surface area (Å²) in [4.78, 5) is 12.1. The van der Waals surface area contributed by atoms with Gasteiger partial charge in [-0.1, -0.05) is 0 Å². The highest BCUT2D eigenvalue weighted by Gasteiger charge is 2.29. The lowest BCUT2D eigenvalue weighted by molar-refractivity contribution is 0.234. The van der Waals surface area contributed by atoms with Gasteiger partial charge < -0.3 is 20.1 Å². The topological polar surface area (TPSA) is 93.7 Å². The van der Waals surface area contributed by atoms with Crippen molar-refractivity contribution in [3.63, 3.8) is 0 Å². The first kappa shape index (κ1) is 17.4. The number of nitrogens with one attached hydrogen (secondary N) is 2. The fraction of sp³-hybridized carbons (Fsp3) is 0.533.